The second-order valence-electron chi connectivity index (χ2n) is 4.74. The van der Waals surface area contributed by atoms with Gasteiger partial charge in [-0.3, -0.25) is 4.79 Å². The number of rotatable bonds is 4. The van der Waals surface area contributed by atoms with Gasteiger partial charge in [0.25, 0.3) is 0 Å². The van der Waals surface area contributed by atoms with E-state index < -0.39 is 11.0 Å². The molecular formula is C13H26Cl2O4. The van der Waals surface area contributed by atoms with Gasteiger partial charge in [-0.1, -0.05) is 34.1 Å². The largest absolute Gasteiger partial charge is 0.448 e. The van der Waals surface area contributed by atoms with E-state index in [1.54, 1.807) is 27.7 Å². The lowest BCUT2D eigenvalue weighted by Crippen LogP contribution is -2.26. The number of aliphatic hydroxyl groups excluding tert-OH is 1. The molecule has 0 aliphatic heterocycles. The SMILES string of the molecule is CC(C)(CCO)OC(=O)Cl.CC(C)C(=O)Cl.CCC. The van der Waals surface area contributed by atoms with Crippen LogP contribution in [0, 0.1) is 5.92 Å². The monoisotopic (exact) mass is 316 g/mol. The third kappa shape index (κ3) is 27.0. The van der Waals surface area contributed by atoms with Gasteiger partial charge in [0.15, 0.2) is 0 Å². The molecular weight excluding hydrogens is 291 g/mol. The van der Waals surface area contributed by atoms with Gasteiger partial charge in [-0.05, 0) is 25.4 Å². The third-order valence-corrected chi connectivity index (χ3v) is 2.04. The van der Waals surface area contributed by atoms with Gasteiger partial charge in [0.05, 0.1) is 0 Å². The molecule has 19 heavy (non-hydrogen) atoms. The van der Waals surface area contributed by atoms with Crippen molar-refractivity contribution in [2.75, 3.05) is 6.61 Å². The molecule has 0 aromatic heterocycles. The number of carbonyl (C=O) groups is 2. The summed E-state index contributed by atoms with van der Waals surface area (Å²) in [5.74, 6) is -0.0216. The van der Waals surface area contributed by atoms with Gasteiger partial charge < -0.3 is 9.84 Å². The van der Waals surface area contributed by atoms with Crippen molar-refractivity contribution in [1.82, 2.24) is 0 Å². The molecule has 0 saturated carbocycles. The van der Waals surface area contributed by atoms with Crippen molar-refractivity contribution in [2.24, 2.45) is 5.92 Å². The topological polar surface area (TPSA) is 63.6 Å². The van der Waals surface area contributed by atoms with E-state index in [1.807, 2.05) is 0 Å². The van der Waals surface area contributed by atoms with Crippen LogP contribution in [0.25, 0.3) is 0 Å². The van der Waals surface area contributed by atoms with Gasteiger partial charge in [0.1, 0.15) is 5.60 Å². The molecule has 0 aliphatic rings. The van der Waals surface area contributed by atoms with E-state index >= 15 is 0 Å². The Kier molecular flexibility index (Phi) is 17.6. The molecule has 0 saturated heterocycles. The highest BCUT2D eigenvalue weighted by molar-refractivity contribution is 6.63. The van der Waals surface area contributed by atoms with E-state index in [0.29, 0.717) is 6.42 Å². The van der Waals surface area contributed by atoms with Crippen LogP contribution in [-0.4, -0.2) is 28.0 Å². The van der Waals surface area contributed by atoms with Crippen LogP contribution in [0.15, 0.2) is 0 Å². The van der Waals surface area contributed by atoms with E-state index in [4.69, 9.17) is 28.3 Å². The van der Waals surface area contributed by atoms with Crippen LogP contribution in [0.3, 0.4) is 0 Å². The molecule has 116 valence electrons. The Labute approximate surface area is 126 Å². The molecule has 0 aromatic carbocycles. The zero-order valence-corrected chi connectivity index (χ0v) is 14.1. The van der Waals surface area contributed by atoms with E-state index in [-0.39, 0.29) is 17.8 Å². The van der Waals surface area contributed by atoms with Gasteiger partial charge in [-0.25, -0.2) is 4.79 Å². The molecule has 0 aliphatic carbocycles. The second-order valence-corrected chi connectivity index (χ2v) is 5.42. The molecule has 0 amide bonds. The fraction of sp³-hybridized carbons (Fsp3) is 0.846. The first-order chi connectivity index (χ1) is 8.53. The first-order valence-corrected chi connectivity index (χ1v) is 6.98. The van der Waals surface area contributed by atoms with Gasteiger partial charge in [0.2, 0.25) is 5.24 Å². The van der Waals surface area contributed by atoms with Crippen molar-refractivity contribution in [3.8, 4) is 0 Å². The van der Waals surface area contributed by atoms with Crippen LogP contribution in [0.4, 0.5) is 4.79 Å². The van der Waals surface area contributed by atoms with Crippen molar-refractivity contribution < 1.29 is 19.4 Å². The second kappa shape index (κ2) is 14.1. The molecule has 0 heterocycles. The Hall–Kier alpha value is -0.320. The summed E-state index contributed by atoms with van der Waals surface area (Å²) in [6, 6.07) is 0. The highest BCUT2D eigenvalue weighted by atomic mass is 35.5. The number of hydrogen-bond donors (Lipinski definition) is 1. The van der Waals surface area contributed by atoms with Crippen LogP contribution < -0.4 is 0 Å². The van der Waals surface area contributed by atoms with Gasteiger partial charge >= 0.3 is 5.43 Å². The summed E-state index contributed by atoms with van der Waals surface area (Å²) < 4.78 is 4.64. The zero-order chi connectivity index (χ0) is 16.1. The molecule has 0 radical (unpaired) electrons. The number of halogens is 2. The summed E-state index contributed by atoms with van der Waals surface area (Å²) in [4.78, 5) is 20.1. The summed E-state index contributed by atoms with van der Waals surface area (Å²) in [7, 11) is 0. The third-order valence-electron chi connectivity index (χ3n) is 1.52. The van der Waals surface area contributed by atoms with Gasteiger partial charge in [0, 0.05) is 30.5 Å². The minimum absolute atomic E-state index is 0.0167. The van der Waals surface area contributed by atoms with E-state index in [9.17, 15) is 9.59 Å². The highest BCUT2D eigenvalue weighted by Crippen LogP contribution is 2.14. The van der Waals surface area contributed by atoms with Crippen molar-refractivity contribution >= 4 is 33.9 Å². The minimum atomic E-state index is -0.835. The van der Waals surface area contributed by atoms with Crippen LogP contribution in [-0.2, 0) is 9.53 Å². The lowest BCUT2D eigenvalue weighted by atomic mass is 10.1. The van der Waals surface area contributed by atoms with Gasteiger partial charge in [-0.2, -0.15) is 0 Å². The quantitative estimate of drug-likeness (QED) is 0.783. The highest BCUT2D eigenvalue weighted by Gasteiger charge is 2.20. The van der Waals surface area contributed by atoms with Crippen LogP contribution >= 0.6 is 23.2 Å². The summed E-state index contributed by atoms with van der Waals surface area (Å²) in [5.41, 5.74) is -1.49. The average molecular weight is 317 g/mol. The Morgan fingerprint density at radius 2 is 1.53 bits per heavy atom. The van der Waals surface area contributed by atoms with Crippen LogP contribution in [0.2, 0.25) is 0 Å². The zero-order valence-electron chi connectivity index (χ0n) is 12.6. The maximum Gasteiger partial charge on any atom is 0.404 e. The molecule has 0 aromatic rings. The summed E-state index contributed by atoms with van der Waals surface area (Å²) in [6.07, 6.45) is 1.64. The van der Waals surface area contributed by atoms with Crippen LogP contribution in [0.1, 0.15) is 54.4 Å². The normalized spacial score (nSPS) is 9.79. The predicted molar refractivity (Wildman–Crippen MR) is 79.8 cm³/mol. The molecule has 0 unspecified atom stereocenters. The van der Waals surface area contributed by atoms with Crippen molar-refractivity contribution in [3.05, 3.63) is 0 Å². The lowest BCUT2D eigenvalue weighted by molar-refractivity contribution is -0.114. The molecule has 4 nitrogen and oxygen atoms in total. The van der Waals surface area contributed by atoms with Crippen molar-refractivity contribution in [2.45, 2.75) is 60.0 Å². The van der Waals surface area contributed by atoms with Crippen molar-refractivity contribution in [1.29, 1.82) is 0 Å². The fourth-order valence-electron chi connectivity index (χ4n) is 0.538. The van der Waals surface area contributed by atoms with E-state index in [2.05, 4.69) is 18.6 Å². The first kappa shape index (κ1) is 23.7. The number of ether oxygens (including phenoxy) is 1. The maximum absolute atomic E-state index is 10.2. The Bertz CT molecular complexity index is 241. The molecule has 0 fully saturated rings. The fourth-order valence-corrected chi connectivity index (χ4v) is 0.746. The van der Waals surface area contributed by atoms with Crippen molar-refractivity contribution in [3.63, 3.8) is 0 Å². The maximum atomic E-state index is 10.2. The number of aliphatic hydroxyl groups is 1. The molecule has 0 spiro atoms. The average Bonchev–Trinajstić information content (AvgIpc) is 2.16. The number of carbonyl (C=O) groups excluding carboxylic acids is 2. The van der Waals surface area contributed by atoms with Crippen LogP contribution in [0.5, 0.6) is 0 Å². The van der Waals surface area contributed by atoms with Gasteiger partial charge in [-0.15, -0.1) is 0 Å². The number of hydrogen-bond acceptors (Lipinski definition) is 4. The minimum Gasteiger partial charge on any atom is -0.448 e. The Balaban J connectivity index is -0.000000242. The molecule has 0 bridgehead atoms. The standard InChI is InChI=1S/C6H11ClO3.C4H7ClO.C3H8/c1-6(2,3-4-8)10-5(7)9;1-3(2)4(5)6;1-3-2/h8H,3-4H2,1-2H3;3H,1-2H3;3H2,1-2H3. The first-order valence-electron chi connectivity index (χ1n) is 6.22. The molecule has 0 atom stereocenters. The Morgan fingerprint density at radius 3 is 1.68 bits per heavy atom. The molecule has 0 rings (SSSR count). The predicted octanol–water partition coefficient (Wildman–Crippen LogP) is 4.35. The molecule has 1 N–H and O–H groups in total. The van der Waals surface area contributed by atoms with E-state index in [0.717, 1.165) is 0 Å². The van der Waals surface area contributed by atoms with E-state index in [1.165, 1.54) is 6.42 Å². The summed E-state index contributed by atoms with van der Waals surface area (Å²) in [5, 5.41) is 8.21. The smallest absolute Gasteiger partial charge is 0.404 e. The summed E-state index contributed by atoms with van der Waals surface area (Å²) >= 11 is 9.93. The Morgan fingerprint density at radius 1 is 1.21 bits per heavy atom. The summed E-state index contributed by atoms with van der Waals surface area (Å²) in [6.45, 7) is 11.1. The lowest BCUT2D eigenvalue weighted by Gasteiger charge is -2.21. The molecule has 6 heteroatoms.